The monoisotopic (exact) mass is 251 g/mol. The quantitative estimate of drug-likeness (QED) is 0.794. The fraction of sp³-hybridized carbons (Fsp3) is 0.417. The first-order valence-corrected chi connectivity index (χ1v) is 5.57. The van der Waals surface area contributed by atoms with E-state index in [4.69, 9.17) is 5.26 Å². The molecule has 1 rings (SSSR count). The average Bonchev–Trinajstić information content (AvgIpc) is 2.13. The van der Waals surface area contributed by atoms with E-state index in [0.29, 0.717) is 18.3 Å². The lowest BCUT2D eigenvalue weighted by molar-refractivity contribution is 0.506. The minimum Gasteiger partial charge on any atom is -0.198 e. The summed E-state index contributed by atoms with van der Waals surface area (Å²) in [7, 11) is 0. The third-order valence-corrected chi connectivity index (χ3v) is 2.89. The van der Waals surface area contributed by atoms with Gasteiger partial charge in [-0.15, -0.1) is 0 Å². The van der Waals surface area contributed by atoms with E-state index >= 15 is 0 Å². The highest BCUT2D eigenvalue weighted by atomic mass is 79.9. The van der Waals surface area contributed by atoms with Crippen LogP contribution in [0.1, 0.15) is 31.7 Å². The summed E-state index contributed by atoms with van der Waals surface area (Å²) in [4.78, 5) is 0. The Morgan fingerprint density at radius 1 is 1.43 bits per heavy atom. The Balaban J connectivity index is 2.94. The molecule has 0 amide bonds. The zero-order valence-corrected chi connectivity index (χ0v) is 10.1. The fourth-order valence-electron chi connectivity index (χ4n) is 1.57. The molecule has 0 N–H and O–H groups in total. The lowest BCUT2D eigenvalue weighted by Crippen LogP contribution is -2.05. The van der Waals surface area contributed by atoms with Crippen molar-refractivity contribution in [3.05, 3.63) is 34.3 Å². The first-order valence-electron chi connectivity index (χ1n) is 4.77. The molecule has 0 fully saturated rings. The van der Waals surface area contributed by atoms with E-state index in [9.17, 15) is 0 Å². The predicted molar refractivity (Wildman–Crippen MR) is 62.0 cm³/mol. The Labute approximate surface area is 93.9 Å². The van der Waals surface area contributed by atoms with Gasteiger partial charge in [0.25, 0.3) is 0 Å². The van der Waals surface area contributed by atoms with Crippen LogP contribution in [0.2, 0.25) is 0 Å². The maximum absolute atomic E-state index is 8.75. The number of hydrogen-bond donors (Lipinski definition) is 0. The first kappa shape index (κ1) is 11.3. The summed E-state index contributed by atoms with van der Waals surface area (Å²) < 4.78 is 1.08. The molecule has 0 spiro atoms. The fourth-order valence-corrected chi connectivity index (χ4v) is 1.99. The van der Waals surface area contributed by atoms with Gasteiger partial charge in [-0.1, -0.05) is 41.9 Å². The van der Waals surface area contributed by atoms with Gasteiger partial charge in [-0.05, 0) is 29.5 Å². The van der Waals surface area contributed by atoms with Crippen molar-refractivity contribution in [1.82, 2.24) is 0 Å². The summed E-state index contributed by atoms with van der Waals surface area (Å²) in [5, 5.41) is 8.75. The SMILES string of the molecule is CC(C)C(CC#N)c1cccc(Br)c1. The topological polar surface area (TPSA) is 23.8 Å². The second kappa shape index (κ2) is 5.17. The third-order valence-electron chi connectivity index (χ3n) is 2.39. The van der Waals surface area contributed by atoms with Crippen molar-refractivity contribution in [2.24, 2.45) is 5.92 Å². The van der Waals surface area contributed by atoms with Crippen molar-refractivity contribution < 1.29 is 0 Å². The molecule has 0 aliphatic carbocycles. The van der Waals surface area contributed by atoms with Gasteiger partial charge in [-0.25, -0.2) is 0 Å². The van der Waals surface area contributed by atoms with Gasteiger partial charge < -0.3 is 0 Å². The molecule has 1 atom stereocenters. The minimum absolute atomic E-state index is 0.345. The van der Waals surface area contributed by atoms with Crippen molar-refractivity contribution in [2.45, 2.75) is 26.2 Å². The summed E-state index contributed by atoms with van der Waals surface area (Å²) >= 11 is 3.45. The highest BCUT2D eigenvalue weighted by Crippen LogP contribution is 2.29. The van der Waals surface area contributed by atoms with Crippen LogP contribution >= 0.6 is 15.9 Å². The number of halogens is 1. The third kappa shape index (κ3) is 2.85. The van der Waals surface area contributed by atoms with Gasteiger partial charge >= 0.3 is 0 Å². The predicted octanol–water partition coefficient (Wildman–Crippen LogP) is 4.10. The molecule has 1 nitrogen and oxygen atoms in total. The maximum Gasteiger partial charge on any atom is 0.0628 e. The van der Waals surface area contributed by atoms with Crippen LogP contribution in [0.25, 0.3) is 0 Å². The van der Waals surface area contributed by atoms with E-state index < -0.39 is 0 Å². The molecule has 0 heterocycles. The number of nitriles is 1. The second-order valence-corrected chi connectivity index (χ2v) is 4.68. The van der Waals surface area contributed by atoms with Gasteiger partial charge in [0.15, 0.2) is 0 Å². The van der Waals surface area contributed by atoms with Crippen molar-refractivity contribution in [2.75, 3.05) is 0 Å². The van der Waals surface area contributed by atoms with E-state index in [1.54, 1.807) is 0 Å². The van der Waals surface area contributed by atoms with Crippen LogP contribution < -0.4 is 0 Å². The standard InChI is InChI=1S/C12H14BrN/c1-9(2)12(6-7-14)10-4-3-5-11(13)8-10/h3-5,8-9,12H,6H2,1-2H3. The molecule has 0 aromatic heterocycles. The Kier molecular flexibility index (Phi) is 4.16. The van der Waals surface area contributed by atoms with Gasteiger partial charge in [0, 0.05) is 10.9 Å². The van der Waals surface area contributed by atoms with Crippen LogP contribution in [0.4, 0.5) is 0 Å². The lowest BCUT2D eigenvalue weighted by Gasteiger charge is -2.18. The number of hydrogen-bond acceptors (Lipinski definition) is 1. The van der Waals surface area contributed by atoms with Gasteiger partial charge in [0.2, 0.25) is 0 Å². The number of nitrogens with zero attached hydrogens (tertiary/aromatic N) is 1. The molecular formula is C12H14BrN. The minimum atomic E-state index is 0.345. The molecule has 1 aromatic rings. The summed E-state index contributed by atoms with van der Waals surface area (Å²) in [6.07, 6.45) is 0.591. The van der Waals surface area contributed by atoms with E-state index in [2.05, 4.69) is 48.0 Å². The Morgan fingerprint density at radius 2 is 2.14 bits per heavy atom. The molecule has 0 saturated carbocycles. The maximum atomic E-state index is 8.75. The van der Waals surface area contributed by atoms with Crippen LogP contribution in [-0.4, -0.2) is 0 Å². The average molecular weight is 252 g/mol. The van der Waals surface area contributed by atoms with Crippen LogP contribution in [0, 0.1) is 17.2 Å². The van der Waals surface area contributed by atoms with E-state index in [0.717, 1.165) is 4.47 Å². The zero-order chi connectivity index (χ0) is 10.6. The summed E-state index contributed by atoms with van der Waals surface area (Å²) in [5.41, 5.74) is 1.25. The smallest absolute Gasteiger partial charge is 0.0628 e. The molecule has 0 bridgehead atoms. The highest BCUT2D eigenvalue weighted by molar-refractivity contribution is 9.10. The molecule has 0 aliphatic heterocycles. The Morgan fingerprint density at radius 3 is 2.64 bits per heavy atom. The Hall–Kier alpha value is -0.810. The number of rotatable bonds is 3. The van der Waals surface area contributed by atoms with E-state index in [-0.39, 0.29) is 0 Å². The summed E-state index contributed by atoms with van der Waals surface area (Å²) in [6.45, 7) is 4.31. The summed E-state index contributed by atoms with van der Waals surface area (Å²) in [6, 6.07) is 10.5. The summed E-state index contributed by atoms with van der Waals surface area (Å²) in [5.74, 6) is 0.849. The molecule has 0 aliphatic rings. The molecule has 1 aromatic carbocycles. The molecule has 74 valence electrons. The van der Waals surface area contributed by atoms with Crippen molar-refractivity contribution in [3.8, 4) is 6.07 Å². The van der Waals surface area contributed by atoms with Crippen LogP contribution in [0.5, 0.6) is 0 Å². The molecule has 0 radical (unpaired) electrons. The lowest BCUT2D eigenvalue weighted by atomic mass is 9.86. The van der Waals surface area contributed by atoms with Crippen molar-refractivity contribution in [1.29, 1.82) is 5.26 Å². The van der Waals surface area contributed by atoms with E-state index in [1.165, 1.54) is 5.56 Å². The van der Waals surface area contributed by atoms with Gasteiger partial charge in [-0.2, -0.15) is 5.26 Å². The van der Waals surface area contributed by atoms with E-state index in [1.807, 2.05) is 12.1 Å². The van der Waals surface area contributed by atoms with Gasteiger partial charge in [0.1, 0.15) is 0 Å². The van der Waals surface area contributed by atoms with Crippen molar-refractivity contribution >= 4 is 15.9 Å². The molecular weight excluding hydrogens is 238 g/mol. The molecule has 0 saturated heterocycles. The zero-order valence-electron chi connectivity index (χ0n) is 8.50. The molecule has 1 unspecified atom stereocenters. The van der Waals surface area contributed by atoms with Crippen LogP contribution in [0.15, 0.2) is 28.7 Å². The largest absolute Gasteiger partial charge is 0.198 e. The van der Waals surface area contributed by atoms with Gasteiger partial charge in [0.05, 0.1) is 6.07 Å². The molecule has 2 heteroatoms. The Bertz CT molecular complexity index is 338. The number of benzene rings is 1. The highest BCUT2D eigenvalue weighted by Gasteiger charge is 2.15. The molecule has 14 heavy (non-hydrogen) atoms. The van der Waals surface area contributed by atoms with Gasteiger partial charge in [-0.3, -0.25) is 0 Å². The van der Waals surface area contributed by atoms with Crippen LogP contribution in [0.3, 0.4) is 0 Å². The van der Waals surface area contributed by atoms with Crippen molar-refractivity contribution in [3.63, 3.8) is 0 Å². The normalized spacial score (nSPS) is 12.5. The first-order chi connectivity index (χ1) is 6.65. The van der Waals surface area contributed by atoms with Crippen LogP contribution in [-0.2, 0) is 0 Å². The second-order valence-electron chi connectivity index (χ2n) is 3.77.